The lowest BCUT2D eigenvalue weighted by Crippen LogP contribution is -2.23. The highest BCUT2D eigenvalue weighted by Crippen LogP contribution is 2.26. The van der Waals surface area contributed by atoms with Crippen molar-refractivity contribution in [3.05, 3.63) is 37.2 Å². The van der Waals surface area contributed by atoms with Gasteiger partial charge in [-0.25, -0.2) is 0 Å². The minimum atomic E-state index is -0.381. The highest BCUT2D eigenvalue weighted by Gasteiger charge is 2.18. The third-order valence-electron chi connectivity index (χ3n) is 2.65. The maximum atomic E-state index is 11.2. The van der Waals surface area contributed by atoms with E-state index in [0.29, 0.717) is 17.5 Å². The van der Waals surface area contributed by atoms with E-state index in [1.165, 1.54) is 11.8 Å². The van der Waals surface area contributed by atoms with Gasteiger partial charge in [-0.1, -0.05) is 17.8 Å². The summed E-state index contributed by atoms with van der Waals surface area (Å²) in [5, 5.41) is 8.59. The van der Waals surface area contributed by atoms with E-state index in [0.717, 1.165) is 5.56 Å². The summed E-state index contributed by atoms with van der Waals surface area (Å²) in [5.41, 5.74) is 6.19. The van der Waals surface area contributed by atoms with Crippen LogP contribution >= 0.6 is 11.8 Å². The lowest BCUT2D eigenvalue weighted by atomic mass is 10.2. The fourth-order valence-corrected chi connectivity index (χ4v) is 2.41. The number of aromatic nitrogens is 4. The molecule has 0 radical (unpaired) electrons. The number of thioether (sulfide) groups is 1. The second-order valence-corrected chi connectivity index (χ2v) is 5.41. The van der Waals surface area contributed by atoms with Crippen molar-refractivity contribution in [1.82, 2.24) is 19.7 Å². The lowest BCUT2D eigenvalue weighted by molar-refractivity contribution is -0.117. The number of nitrogens with two attached hydrogens (primary N) is 1. The molecule has 0 unspecified atom stereocenters. The Balaban J connectivity index is 2.37. The SMILES string of the molecule is C=CCn1c(S[C@@H](C)C(N)=O)nnc1-c1ccncc1. The van der Waals surface area contributed by atoms with Gasteiger partial charge in [0.1, 0.15) is 0 Å². The molecule has 2 rings (SSSR count). The van der Waals surface area contributed by atoms with Crippen molar-refractivity contribution in [2.75, 3.05) is 0 Å². The molecule has 0 spiro atoms. The molecule has 20 heavy (non-hydrogen) atoms. The Kier molecular flexibility index (Phi) is 4.52. The summed E-state index contributed by atoms with van der Waals surface area (Å²) in [6.07, 6.45) is 5.15. The summed E-state index contributed by atoms with van der Waals surface area (Å²) in [7, 11) is 0. The molecule has 2 heterocycles. The van der Waals surface area contributed by atoms with E-state index in [1.54, 1.807) is 25.4 Å². The number of primary amides is 1. The summed E-state index contributed by atoms with van der Waals surface area (Å²) in [4.78, 5) is 15.1. The van der Waals surface area contributed by atoms with E-state index < -0.39 is 0 Å². The number of carbonyl (C=O) groups excluding carboxylic acids is 1. The Morgan fingerprint density at radius 1 is 1.50 bits per heavy atom. The summed E-state index contributed by atoms with van der Waals surface area (Å²) in [6.45, 7) is 6.03. The monoisotopic (exact) mass is 289 g/mol. The summed E-state index contributed by atoms with van der Waals surface area (Å²) < 4.78 is 1.90. The van der Waals surface area contributed by atoms with Crippen LogP contribution in [0.3, 0.4) is 0 Å². The third kappa shape index (κ3) is 3.05. The van der Waals surface area contributed by atoms with E-state index in [4.69, 9.17) is 5.73 Å². The van der Waals surface area contributed by atoms with Crippen molar-refractivity contribution < 1.29 is 4.79 Å². The zero-order valence-electron chi connectivity index (χ0n) is 11.1. The predicted octanol–water partition coefficient (Wildman–Crippen LogP) is 1.49. The van der Waals surface area contributed by atoms with Crippen molar-refractivity contribution in [2.45, 2.75) is 23.9 Å². The van der Waals surface area contributed by atoms with Gasteiger partial charge in [0.05, 0.1) is 5.25 Å². The number of pyridine rings is 1. The Morgan fingerprint density at radius 3 is 2.80 bits per heavy atom. The number of amides is 1. The Bertz CT molecular complexity index is 610. The van der Waals surface area contributed by atoms with Crippen LogP contribution in [0.15, 0.2) is 42.3 Å². The highest BCUT2D eigenvalue weighted by molar-refractivity contribution is 8.00. The van der Waals surface area contributed by atoms with Gasteiger partial charge in [-0.15, -0.1) is 16.8 Å². The molecule has 0 saturated heterocycles. The number of hydrogen-bond acceptors (Lipinski definition) is 5. The first kappa shape index (κ1) is 14.3. The zero-order valence-corrected chi connectivity index (χ0v) is 11.9. The van der Waals surface area contributed by atoms with E-state index in [-0.39, 0.29) is 11.2 Å². The van der Waals surface area contributed by atoms with E-state index in [1.807, 2.05) is 16.7 Å². The Hall–Kier alpha value is -2.15. The molecule has 0 aromatic carbocycles. The molecule has 2 N–H and O–H groups in total. The van der Waals surface area contributed by atoms with Crippen LogP contribution in [0.4, 0.5) is 0 Å². The molecular weight excluding hydrogens is 274 g/mol. The van der Waals surface area contributed by atoms with Gasteiger partial charge in [-0.3, -0.25) is 14.3 Å². The molecule has 0 aliphatic heterocycles. The van der Waals surface area contributed by atoms with Crippen LogP contribution in [0.5, 0.6) is 0 Å². The van der Waals surface area contributed by atoms with Gasteiger partial charge in [0.15, 0.2) is 11.0 Å². The van der Waals surface area contributed by atoms with Crippen LogP contribution in [-0.4, -0.2) is 30.9 Å². The quantitative estimate of drug-likeness (QED) is 0.643. The second-order valence-electron chi connectivity index (χ2n) is 4.10. The van der Waals surface area contributed by atoms with Crippen LogP contribution in [0.2, 0.25) is 0 Å². The molecule has 1 atom stereocenters. The molecular formula is C13H15N5OS. The van der Waals surface area contributed by atoms with E-state index in [9.17, 15) is 4.79 Å². The van der Waals surface area contributed by atoms with Crippen molar-refractivity contribution >= 4 is 17.7 Å². The topological polar surface area (TPSA) is 86.7 Å². The number of hydrogen-bond donors (Lipinski definition) is 1. The zero-order chi connectivity index (χ0) is 14.5. The Labute approximate surface area is 121 Å². The predicted molar refractivity (Wildman–Crippen MR) is 78.0 cm³/mol. The smallest absolute Gasteiger partial charge is 0.230 e. The van der Waals surface area contributed by atoms with Gasteiger partial charge in [0, 0.05) is 24.5 Å². The maximum Gasteiger partial charge on any atom is 0.230 e. The maximum absolute atomic E-state index is 11.2. The van der Waals surface area contributed by atoms with Gasteiger partial charge in [-0.2, -0.15) is 0 Å². The molecule has 6 nitrogen and oxygen atoms in total. The normalized spacial score (nSPS) is 12.1. The first-order valence-corrected chi connectivity index (χ1v) is 6.92. The average molecular weight is 289 g/mol. The molecule has 0 fully saturated rings. The molecule has 0 aliphatic rings. The first-order chi connectivity index (χ1) is 9.63. The van der Waals surface area contributed by atoms with Crippen molar-refractivity contribution in [3.63, 3.8) is 0 Å². The fraction of sp³-hybridized carbons (Fsp3) is 0.231. The van der Waals surface area contributed by atoms with Crippen LogP contribution in [-0.2, 0) is 11.3 Å². The summed E-state index contributed by atoms with van der Waals surface area (Å²) in [6, 6.07) is 3.71. The number of nitrogens with zero attached hydrogens (tertiary/aromatic N) is 4. The number of carbonyl (C=O) groups is 1. The first-order valence-electron chi connectivity index (χ1n) is 6.04. The molecule has 7 heteroatoms. The number of rotatable bonds is 6. The molecule has 1 amide bonds. The van der Waals surface area contributed by atoms with Gasteiger partial charge in [0.25, 0.3) is 0 Å². The van der Waals surface area contributed by atoms with E-state index in [2.05, 4.69) is 21.8 Å². The standard InChI is InChI=1S/C13H15N5OS/c1-3-8-18-12(10-4-6-15-7-5-10)16-17-13(18)20-9(2)11(14)19/h3-7,9H,1,8H2,2H3,(H2,14,19)/t9-/m0/s1. The van der Waals surface area contributed by atoms with Crippen LogP contribution in [0.1, 0.15) is 6.92 Å². The van der Waals surface area contributed by atoms with Gasteiger partial charge >= 0.3 is 0 Å². The van der Waals surface area contributed by atoms with Gasteiger partial charge < -0.3 is 5.73 Å². The molecule has 0 aliphatic carbocycles. The Morgan fingerprint density at radius 2 is 2.20 bits per heavy atom. The molecule has 0 saturated carbocycles. The second kappa shape index (κ2) is 6.33. The van der Waals surface area contributed by atoms with Gasteiger partial charge in [0.2, 0.25) is 5.91 Å². The third-order valence-corrected chi connectivity index (χ3v) is 3.75. The van der Waals surface area contributed by atoms with Gasteiger partial charge in [-0.05, 0) is 19.1 Å². The highest BCUT2D eigenvalue weighted by atomic mass is 32.2. The lowest BCUT2D eigenvalue weighted by Gasteiger charge is -2.09. The molecule has 2 aromatic heterocycles. The van der Waals surface area contributed by atoms with Crippen molar-refractivity contribution in [3.8, 4) is 11.4 Å². The van der Waals surface area contributed by atoms with Crippen molar-refractivity contribution in [2.24, 2.45) is 5.73 Å². The van der Waals surface area contributed by atoms with Crippen LogP contribution in [0, 0.1) is 0 Å². The van der Waals surface area contributed by atoms with Crippen LogP contribution < -0.4 is 5.73 Å². The largest absolute Gasteiger partial charge is 0.369 e. The minimum Gasteiger partial charge on any atom is -0.369 e. The summed E-state index contributed by atoms with van der Waals surface area (Å²) in [5.74, 6) is 0.333. The number of allylic oxidation sites excluding steroid dienone is 1. The molecule has 104 valence electrons. The molecule has 2 aromatic rings. The summed E-state index contributed by atoms with van der Waals surface area (Å²) >= 11 is 1.29. The molecule has 0 bridgehead atoms. The van der Waals surface area contributed by atoms with Crippen molar-refractivity contribution in [1.29, 1.82) is 0 Å². The van der Waals surface area contributed by atoms with E-state index >= 15 is 0 Å². The fourth-order valence-electron chi connectivity index (χ4n) is 1.60. The minimum absolute atomic E-state index is 0.368. The van der Waals surface area contributed by atoms with Crippen LogP contribution in [0.25, 0.3) is 11.4 Å². The average Bonchev–Trinajstić information content (AvgIpc) is 2.83.